The molecule has 2 aliphatic rings. The van der Waals surface area contributed by atoms with E-state index in [1.54, 1.807) is 0 Å². The predicted octanol–water partition coefficient (Wildman–Crippen LogP) is 1.69. The van der Waals surface area contributed by atoms with Gasteiger partial charge in [-0.2, -0.15) is 5.10 Å². The minimum absolute atomic E-state index is 0.0146. The van der Waals surface area contributed by atoms with E-state index in [0.29, 0.717) is 18.8 Å². The Morgan fingerprint density at radius 2 is 2.08 bits per heavy atom. The van der Waals surface area contributed by atoms with Gasteiger partial charge in [-0.1, -0.05) is 5.16 Å². The van der Waals surface area contributed by atoms with Gasteiger partial charge in [0, 0.05) is 50.8 Å². The predicted molar refractivity (Wildman–Crippen MR) is 93.7 cm³/mol. The van der Waals surface area contributed by atoms with Gasteiger partial charge in [0.2, 0.25) is 0 Å². The molecule has 2 aliphatic heterocycles. The Kier molecular flexibility index (Phi) is 4.54. The van der Waals surface area contributed by atoms with Gasteiger partial charge in [0.15, 0.2) is 5.69 Å². The molecule has 0 radical (unpaired) electrons. The zero-order valence-corrected chi connectivity index (χ0v) is 15.5. The number of H-pyrrole nitrogens is 1. The molecule has 4 rings (SSSR count). The Morgan fingerprint density at radius 3 is 2.77 bits per heavy atom. The summed E-state index contributed by atoms with van der Waals surface area (Å²) in [4.78, 5) is 17.2. The number of piperazine rings is 1. The Hall–Kier alpha value is -2.19. The van der Waals surface area contributed by atoms with Gasteiger partial charge >= 0.3 is 0 Å². The van der Waals surface area contributed by atoms with E-state index in [1.165, 1.54) is 0 Å². The number of aromatic nitrogens is 3. The molecule has 140 valence electrons. The quantitative estimate of drug-likeness (QED) is 0.897. The molecule has 8 nitrogen and oxygen atoms in total. The second-order valence-electron chi connectivity index (χ2n) is 7.25. The summed E-state index contributed by atoms with van der Waals surface area (Å²) in [5.41, 5.74) is 3.45. The van der Waals surface area contributed by atoms with Crippen molar-refractivity contribution in [3.8, 4) is 0 Å². The molecule has 2 aromatic heterocycles. The SMILES string of the molecule is Cc1cc(CN2CCN(C(=O)c3n[nH]c4c3C[C@@H](C)O[C@H]4C)CC2)no1. The Morgan fingerprint density at radius 1 is 1.31 bits per heavy atom. The van der Waals surface area contributed by atoms with Crippen molar-refractivity contribution < 1.29 is 14.1 Å². The fraction of sp³-hybridized carbons (Fsp3) is 0.611. The standard InChI is InChI=1S/C18H25N5O3/c1-11-9-15-16(13(3)25-11)19-20-17(15)18(24)23-6-4-22(5-7-23)10-14-8-12(2)26-21-14/h8,11,13H,4-7,9-10H2,1-3H3,(H,19,20)/t11-,13+/m1/s1. The highest BCUT2D eigenvalue weighted by molar-refractivity contribution is 5.94. The van der Waals surface area contributed by atoms with Crippen LogP contribution in [0.15, 0.2) is 10.6 Å². The van der Waals surface area contributed by atoms with Gasteiger partial charge < -0.3 is 14.2 Å². The van der Waals surface area contributed by atoms with Crippen LogP contribution in [0.2, 0.25) is 0 Å². The monoisotopic (exact) mass is 359 g/mol. The zero-order chi connectivity index (χ0) is 18.3. The van der Waals surface area contributed by atoms with Gasteiger partial charge in [-0.25, -0.2) is 0 Å². The summed E-state index contributed by atoms with van der Waals surface area (Å²) in [6, 6.07) is 1.96. The van der Waals surface area contributed by atoms with Crippen molar-refractivity contribution in [2.24, 2.45) is 0 Å². The molecular formula is C18H25N5O3. The average molecular weight is 359 g/mol. The summed E-state index contributed by atoms with van der Waals surface area (Å²) in [5.74, 6) is 0.838. The molecule has 0 spiro atoms. The summed E-state index contributed by atoms with van der Waals surface area (Å²) in [7, 11) is 0. The van der Waals surface area contributed by atoms with Crippen molar-refractivity contribution in [2.75, 3.05) is 26.2 Å². The normalized spacial score (nSPS) is 23.9. The first-order chi connectivity index (χ1) is 12.5. The number of fused-ring (bicyclic) bond motifs is 1. The lowest BCUT2D eigenvalue weighted by Crippen LogP contribution is -2.48. The lowest BCUT2D eigenvalue weighted by atomic mass is 9.99. The van der Waals surface area contributed by atoms with Crippen LogP contribution in [0.4, 0.5) is 0 Å². The van der Waals surface area contributed by atoms with E-state index >= 15 is 0 Å². The van der Waals surface area contributed by atoms with E-state index in [2.05, 4.69) is 20.3 Å². The van der Waals surface area contributed by atoms with E-state index < -0.39 is 0 Å². The van der Waals surface area contributed by atoms with Gasteiger partial charge in [0.05, 0.1) is 23.6 Å². The number of carbonyl (C=O) groups excluding carboxylic acids is 1. The number of aromatic amines is 1. The number of hydrogen-bond donors (Lipinski definition) is 1. The third kappa shape index (κ3) is 3.26. The molecule has 2 aromatic rings. The maximum Gasteiger partial charge on any atom is 0.274 e. The Balaban J connectivity index is 1.40. The van der Waals surface area contributed by atoms with Crippen LogP contribution >= 0.6 is 0 Å². The van der Waals surface area contributed by atoms with Gasteiger partial charge in [0.1, 0.15) is 5.76 Å². The number of nitrogens with one attached hydrogen (secondary N) is 1. The fourth-order valence-corrected chi connectivity index (χ4v) is 3.83. The number of aryl methyl sites for hydroxylation is 1. The number of ether oxygens (including phenoxy) is 1. The maximum absolute atomic E-state index is 13.0. The molecular weight excluding hydrogens is 334 g/mol. The highest BCUT2D eigenvalue weighted by Crippen LogP contribution is 2.30. The largest absolute Gasteiger partial charge is 0.369 e. The molecule has 1 fully saturated rings. The molecule has 0 bridgehead atoms. The lowest BCUT2D eigenvalue weighted by molar-refractivity contribution is -0.00704. The highest BCUT2D eigenvalue weighted by atomic mass is 16.5. The second-order valence-corrected chi connectivity index (χ2v) is 7.25. The summed E-state index contributed by atoms with van der Waals surface area (Å²) >= 11 is 0. The van der Waals surface area contributed by atoms with E-state index in [-0.39, 0.29) is 18.1 Å². The number of nitrogens with zero attached hydrogens (tertiary/aromatic N) is 4. The smallest absolute Gasteiger partial charge is 0.274 e. The van der Waals surface area contributed by atoms with Crippen LogP contribution in [0.1, 0.15) is 53.2 Å². The number of amides is 1. The molecule has 0 unspecified atom stereocenters. The van der Waals surface area contributed by atoms with Crippen LogP contribution in [0.5, 0.6) is 0 Å². The third-order valence-corrected chi connectivity index (χ3v) is 5.16. The highest BCUT2D eigenvalue weighted by Gasteiger charge is 2.32. The van der Waals surface area contributed by atoms with Crippen molar-refractivity contribution in [1.82, 2.24) is 25.2 Å². The minimum Gasteiger partial charge on any atom is -0.369 e. The molecule has 0 aliphatic carbocycles. The molecule has 4 heterocycles. The summed E-state index contributed by atoms with van der Waals surface area (Å²) < 4.78 is 10.9. The zero-order valence-electron chi connectivity index (χ0n) is 15.5. The molecule has 2 atom stereocenters. The van der Waals surface area contributed by atoms with E-state index in [4.69, 9.17) is 9.26 Å². The first-order valence-corrected chi connectivity index (χ1v) is 9.17. The van der Waals surface area contributed by atoms with Gasteiger partial charge in [-0.3, -0.25) is 14.8 Å². The fourth-order valence-electron chi connectivity index (χ4n) is 3.83. The van der Waals surface area contributed by atoms with Crippen LogP contribution in [0.3, 0.4) is 0 Å². The first-order valence-electron chi connectivity index (χ1n) is 9.17. The van der Waals surface area contributed by atoms with Gasteiger partial charge in [-0.05, 0) is 20.8 Å². The van der Waals surface area contributed by atoms with E-state index in [1.807, 2.05) is 31.7 Å². The molecule has 0 saturated carbocycles. The van der Waals surface area contributed by atoms with Gasteiger partial charge in [-0.15, -0.1) is 0 Å². The molecule has 26 heavy (non-hydrogen) atoms. The van der Waals surface area contributed by atoms with Crippen molar-refractivity contribution in [3.63, 3.8) is 0 Å². The molecule has 0 aromatic carbocycles. The maximum atomic E-state index is 13.0. The Labute approximate surface area is 152 Å². The minimum atomic E-state index is -0.0504. The molecule has 1 saturated heterocycles. The van der Waals surface area contributed by atoms with Gasteiger partial charge in [0.25, 0.3) is 5.91 Å². The van der Waals surface area contributed by atoms with E-state index in [9.17, 15) is 4.79 Å². The summed E-state index contributed by atoms with van der Waals surface area (Å²) in [6.45, 7) is 9.70. The van der Waals surface area contributed by atoms with Crippen LogP contribution in [0, 0.1) is 6.92 Å². The van der Waals surface area contributed by atoms with Crippen LogP contribution < -0.4 is 0 Å². The number of rotatable bonds is 3. The van der Waals surface area contributed by atoms with Crippen molar-refractivity contribution in [3.05, 3.63) is 34.5 Å². The van der Waals surface area contributed by atoms with Crippen LogP contribution in [-0.4, -0.2) is 63.3 Å². The van der Waals surface area contributed by atoms with E-state index in [0.717, 1.165) is 48.8 Å². The Bertz CT molecular complexity index is 791. The van der Waals surface area contributed by atoms with Crippen molar-refractivity contribution >= 4 is 5.91 Å². The van der Waals surface area contributed by atoms with Crippen LogP contribution in [0.25, 0.3) is 0 Å². The average Bonchev–Trinajstić information content (AvgIpc) is 3.21. The summed E-state index contributed by atoms with van der Waals surface area (Å²) in [6.07, 6.45) is 0.776. The third-order valence-electron chi connectivity index (χ3n) is 5.16. The second kappa shape index (κ2) is 6.85. The number of hydrogen-bond acceptors (Lipinski definition) is 6. The topological polar surface area (TPSA) is 87.5 Å². The van der Waals surface area contributed by atoms with Crippen LogP contribution in [-0.2, 0) is 17.7 Å². The molecule has 1 amide bonds. The number of carbonyl (C=O) groups is 1. The first kappa shape index (κ1) is 17.2. The molecule has 1 N–H and O–H groups in total. The summed E-state index contributed by atoms with van der Waals surface area (Å²) in [5, 5.41) is 11.4. The van der Waals surface area contributed by atoms with Crippen molar-refractivity contribution in [1.29, 1.82) is 0 Å². The molecule has 8 heteroatoms. The van der Waals surface area contributed by atoms with Crippen molar-refractivity contribution in [2.45, 2.75) is 45.9 Å². The lowest BCUT2D eigenvalue weighted by Gasteiger charge is -2.34.